The van der Waals surface area contributed by atoms with E-state index < -0.39 is 11.6 Å². The van der Waals surface area contributed by atoms with Crippen LogP contribution in [0.2, 0.25) is 0 Å². The van der Waals surface area contributed by atoms with Gasteiger partial charge in [0.05, 0.1) is 6.04 Å². The molecule has 1 aliphatic carbocycles. The second kappa shape index (κ2) is 7.05. The minimum atomic E-state index is -1.04. The summed E-state index contributed by atoms with van der Waals surface area (Å²) in [6, 6.07) is 14.4. The number of fused-ring (bicyclic) bond motifs is 2. The van der Waals surface area contributed by atoms with Crippen LogP contribution in [0, 0.1) is 0 Å². The Morgan fingerprint density at radius 1 is 1.21 bits per heavy atom. The SMILES string of the molecule is CC(NC(=O)CN1C(=O)NC2(CCc3ccccc32)C1=O)c1ccccc1Br. The average Bonchev–Trinajstić information content (AvgIpc) is 3.16. The fourth-order valence-electron chi connectivity index (χ4n) is 4.07. The van der Waals surface area contributed by atoms with Crippen LogP contribution in [0.1, 0.15) is 36.1 Å². The largest absolute Gasteiger partial charge is 0.348 e. The molecule has 4 rings (SSSR count). The second-order valence-electron chi connectivity index (χ2n) is 7.19. The first kappa shape index (κ1) is 18.7. The second-order valence-corrected chi connectivity index (χ2v) is 8.05. The third kappa shape index (κ3) is 2.99. The molecule has 0 saturated carbocycles. The Balaban J connectivity index is 1.49. The molecule has 1 fully saturated rings. The number of nitrogens with zero attached hydrogens (tertiary/aromatic N) is 1. The van der Waals surface area contributed by atoms with E-state index in [1.807, 2.05) is 55.5 Å². The van der Waals surface area contributed by atoms with Gasteiger partial charge in [-0.05, 0) is 42.5 Å². The molecule has 1 aliphatic heterocycles. The van der Waals surface area contributed by atoms with Crippen LogP contribution in [0.15, 0.2) is 53.0 Å². The topological polar surface area (TPSA) is 78.5 Å². The maximum Gasteiger partial charge on any atom is 0.325 e. The van der Waals surface area contributed by atoms with E-state index in [0.717, 1.165) is 32.5 Å². The molecular formula is C21H20BrN3O3. The van der Waals surface area contributed by atoms with Crippen LogP contribution in [-0.2, 0) is 21.5 Å². The lowest BCUT2D eigenvalue weighted by Gasteiger charge is -2.22. The lowest BCUT2D eigenvalue weighted by Crippen LogP contribution is -2.44. The predicted octanol–water partition coefficient (Wildman–Crippen LogP) is 3.02. The van der Waals surface area contributed by atoms with E-state index in [2.05, 4.69) is 26.6 Å². The van der Waals surface area contributed by atoms with E-state index in [9.17, 15) is 14.4 Å². The molecule has 1 saturated heterocycles. The molecule has 0 radical (unpaired) electrons. The number of urea groups is 1. The number of carbonyl (C=O) groups is 3. The van der Waals surface area contributed by atoms with Crippen molar-refractivity contribution in [3.8, 4) is 0 Å². The van der Waals surface area contributed by atoms with Crippen molar-refractivity contribution in [2.45, 2.75) is 31.3 Å². The molecule has 1 spiro atoms. The molecule has 2 aromatic rings. The fourth-order valence-corrected chi connectivity index (χ4v) is 4.70. The summed E-state index contributed by atoms with van der Waals surface area (Å²) in [5, 5.41) is 5.70. The lowest BCUT2D eigenvalue weighted by atomic mass is 9.92. The predicted molar refractivity (Wildman–Crippen MR) is 107 cm³/mol. The highest BCUT2D eigenvalue weighted by Crippen LogP contribution is 2.41. The number of rotatable bonds is 4. The van der Waals surface area contributed by atoms with E-state index in [4.69, 9.17) is 0 Å². The number of hydrogen-bond donors (Lipinski definition) is 2. The third-order valence-electron chi connectivity index (χ3n) is 5.47. The minimum Gasteiger partial charge on any atom is -0.348 e. The normalized spacial score (nSPS) is 21.6. The van der Waals surface area contributed by atoms with Crippen LogP contribution in [0.4, 0.5) is 4.79 Å². The first-order chi connectivity index (χ1) is 13.4. The van der Waals surface area contributed by atoms with Crippen LogP contribution in [-0.4, -0.2) is 29.3 Å². The maximum atomic E-state index is 13.1. The Kier molecular flexibility index (Phi) is 4.71. The van der Waals surface area contributed by atoms with E-state index in [0.29, 0.717) is 6.42 Å². The molecule has 1 heterocycles. The zero-order valence-electron chi connectivity index (χ0n) is 15.4. The Morgan fingerprint density at radius 2 is 1.93 bits per heavy atom. The number of halogens is 1. The Bertz CT molecular complexity index is 977. The molecule has 2 unspecified atom stereocenters. The van der Waals surface area contributed by atoms with Crippen molar-refractivity contribution in [1.82, 2.24) is 15.5 Å². The zero-order chi connectivity index (χ0) is 19.9. The molecule has 6 nitrogen and oxygen atoms in total. The van der Waals surface area contributed by atoms with Gasteiger partial charge < -0.3 is 10.6 Å². The highest BCUT2D eigenvalue weighted by molar-refractivity contribution is 9.10. The Morgan fingerprint density at radius 3 is 2.71 bits per heavy atom. The van der Waals surface area contributed by atoms with Gasteiger partial charge in [-0.15, -0.1) is 0 Å². The first-order valence-corrected chi connectivity index (χ1v) is 9.98. The monoisotopic (exact) mass is 441 g/mol. The summed E-state index contributed by atoms with van der Waals surface area (Å²) in [4.78, 5) is 39.2. The van der Waals surface area contributed by atoms with Gasteiger partial charge >= 0.3 is 6.03 Å². The van der Waals surface area contributed by atoms with Gasteiger partial charge in [-0.3, -0.25) is 14.5 Å². The fraction of sp³-hybridized carbons (Fsp3) is 0.286. The minimum absolute atomic E-state index is 0.259. The molecule has 0 aromatic heterocycles. The summed E-state index contributed by atoms with van der Waals surface area (Å²) < 4.78 is 0.888. The zero-order valence-corrected chi connectivity index (χ0v) is 17.0. The number of aryl methyl sites for hydroxylation is 1. The van der Waals surface area contributed by atoms with Crippen molar-refractivity contribution >= 4 is 33.8 Å². The van der Waals surface area contributed by atoms with E-state index in [1.165, 1.54) is 0 Å². The number of hydrogen-bond acceptors (Lipinski definition) is 3. The van der Waals surface area contributed by atoms with Crippen molar-refractivity contribution in [3.63, 3.8) is 0 Å². The van der Waals surface area contributed by atoms with Crippen LogP contribution < -0.4 is 10.6 Å². The average molecular weight is 442 g/mol. The van der Waals surface area contributed by atoms with E-state index in [1.54, 1.807) is 0 Å². The highest BCUT2D eigenvalue weighted by atomic mass is 79.9. The molecule has 2 aliphatic rings. The van der Waals surface area contributed by atoms with Gasteiger partial charge in [0.15, 0.2) is 0 Å². The van der Waals surface area contributed by atoms with E-state index >= 15 is 0 Å². The standard InChI is InChI=1S/C21H20BrN3O3/c1-13(15-7-3-5-9-17(15)22)23-18(26)12-25-19(27)21(24-20(25)28)11-10-14-6-2-4-8-16(14)21/h2-9,13H,10-12H2,1H3,(H,23,26)(H,24,28). The third-order valence-corrected chi connectivity index (χ3v) is 6.20. The summed E-state index contributed by atoms with van der Waals surface area (Å²) in [7, 11) is 0. The molecular weight excluding hydrogens is 422 g/mol. The van der Waals surface area contributed by atoms with Crippen molar-refractivity contribution in [2.24, 2.45) is 0 Å². The number of carbonyl (C=O) groups excluding carboxylic acids is 3. The van der Waals surface area contributed by atoms with Gasteiger partial charge in [-0.2, -0.15) is 0 Å². The summed E-state index contributed by atoms with van der Waals surface area (Å²) >= 11 is 3.47. The van der Waals surface area contributed by atoms with Gasteiger partial charge in [0, 0.05) is 4.47 Å². The summed E-state index contributed by atoms with van der Waals surface area (Å²) in [6.45, 7) is 1.56. The maximum absolute atomic E-state index is 13.1. The van der Waals surface area contributed by atoms with Gasteiger partial charge in [0.25, 0.3) is 5.91 Å². The van der Waals surface area contributed by atoms with Gasteiger partial charge in [0.2, 0.25) is 5.91 Å². The summed E-state index contributed by atoms with van der Waals surface area (Å²) in [5.41, 5.74) is 1.78. The number of benzene rings is 2. The Labute approximate surface area is 171 Å². The number of imide groups is 1. The summed E-state index contributed by atoms with van der Waals surface area (Å²) in [6.07, 6.45) is 1.24. The quantitative estimate of drug-likeness (QED) is 0.715. The van der Waals surface area contributed by atoms with Gasteiger partial charge in [-0.25, -0.2) is 4.79 Å². The lowest BCUT2D eigenvalue weighted by molar-refractivity contribution is -0.135. The van der Waals surface area contributed by atoms with Crippen molar-refractivity contribution in [1.29, 1.82) is 0 Å². The number of nitrogens with one attached hydrogen (secondary N) is 2. The van der Waals surface area contributed by atoms with Crippen LogP contribution in [0.25, 0.3) is 0 Å². The molecule has 2 aromatic carbocycles. The van der Waals surface area contributed by atoms with Gasteiger partial charge in [-0.1, -0.05) is 58.4 Å². The molecule has 4 amide bonds. The van der Waals surface area contributed by atoms with Crippen LogP contribution >= 0.6 is 15.9 Å². The Hall–Kier alpha value is -2.67. The molecule has 0 bridgehead atoms. The molecule has 144 valence electrons. The summed E-state index contributed by atoms with van der Waals surface area (Å²) in [5.74, 6) is -0.735. The van der Waals surface area contributed by atoms with Crippen LogP contribution in [0.5, 0.6) is 0 Å². The van der Waals surface area contributed by atoms with Crippen LogP contribution in [0.3, 0.4) is 0 Å². The molecule has 28 heavy (non-hydrogen) atoms. The van der Waals surface area contributed by atoms with Crippen molar-refractivity contribution < 1.29 is 14.4 Å². The van der Waals surface area contributed by atoms with Gasteiger partial charge in [0.1, 0.15) is 12.1 Å². The highest BCUT2D eigenvalue weighted by Gasteiger charge is 2.55. The van der Waals surface area contributed by atoms with Crippen molar-refractivity contribution in [2.75, 3.05) is 6.54 Å². The first-order valence-electron chi connectivity index (χ1n) is 9.18. The number of amides is 4. The smallest absolute Gasteiger partial charge is 0.325 e. The van der Waals surface area contributed by atoms with Crippen molar-refractivity contribution in [3.05, 3.63) is 69.7 Å². The van der Waals surface area contributed by atoms with E-state index in [-0.39, 0.29) is 24.4 Å². The molecule has 7 heteroatoms. The molecule has 2 N–H and O–H groups in total. The molecule has 2 atom stereocenters.